The number of rotatable bonds is 8. The van der Waals surface area contributed by atoms with E-state index in [0.29, 0.717) is 18.0 Å². The first kappa shape index (κ1) is 21.1. The molecule has 2 amide bonds. The van der Waals surface area contributed by atoms with E-state index in [4.69, 9.17) is 4.74 Å². The molecule has 2 aromatic carbocycles. The van der Waals surface area contributed by atoms with Gasteiger partial charge in [-0.2, -0.15) is 13.2 Å². The largest absolute Gasteiger partial charge is 0.484 e. The number of ether oxygens (including phenoxy) is 2. The molecule has 0 bridgehead atoms. The van der Waals surface area contributed by atoms with E-state index in [9.17, 15) is 22.8 Å². The van der Waals surface area contributed by atoms with Crippen molar-refractivity contribution in [2.75, 3.05) is 25.1 Å². The second kappa shape index (κ2) is 9.63. The van der Waals surface area contributed by atoms with Crippen LogP contribution in [0.15, 0.2) is 48.5 Å². The molecule has 0 unspecified atom stereocenters. The fraction of sp³-hybridized carbons (Fsp3) is 0.263. The summed E-state index contributed by atoms with van der Waals surface area (Å²) in [5, 5.41) is 5.25. The highest BCUT2D eigenvalue weighted by Crippen LogP contribution is 2.21. The summed E-state index contributed by atoms with van der Waals surface area (Å²) in [5.41, 5.74) is 0.684. The van der Waals surface area contributed by atoms with E-state index in [2.05, 4.69) is 15.4 Å². The van der Waals surface area contributed by atoms with Gasteiger partial charge in [0.05, 0.1) is 0 Å². The monoisotopic (exact) mass is 396 g/mol. The fourth-order valence-corrected chi connectivity index (χ4v) is 2.13. The van der Waals surface area contributed by atoms with E-state index >= 15 is 0 Å². The number of benzene rings is 2. The number of carbonyl (C=O) groups excluding carboxylic acids is 2. The van der Waals surface area contributed by atoms with Crippen molar-refractivity contribution in [1.82, 2.24) is 5.32 Å². The molecule has 0 atom stereocenters. The highest BCUT2D eigenvalue weighted by atomic mass is 19.4. The standard InChI is InChI=1S/C19H19F3N2O4/c1-2-23-17(25)11-27-16-5-3-4-14(10-16)24-18(26)13-6-8-15(9-7-13)28-12-19(20,21)22/h3-10H,2,11-12H2,1H3,(H,23,25)(H,24,26). The topological polar surface area (TPSA) is 76.7 Å². The lowest BCUT2D eigenvalue weighted by atomic mass is 10.2. The number of likely N-dealkylation sites (N-methyl/N-ethyl adjacent to an activating group) is 1. The van der Waals surface area contributed by atoms with Gasteiger partial charge in [-0.1, -0.05) is 6.07 Å². The Hall–Kier alpha value is -3.23. The van der Waals surface area contributed by atoms with Gasteiger partial charge in [0, 0.05) is 23.9 Å². The Labute approximate surface area is 159 Å². The minimum atomic E-state index is -4.43. The first-order valence-electron chi connectivity index (χ1n) is 8.37. The normalized spacial score (nSPS) is 10.9. The molecule has 0 aliphatic heterocycles. The molecule has 0 radical (unpaired) electrons. The lowest BCUT2D eigenvalue weighted by molar-refractivity contribution is -0.153. The summed E-state index contributed by atoms with van der Waals surface area (Å²) in [6, 6.07) is 11.8. The number of halogens is 3. The van der Waals surface area contributed by atoms with Gasteiger partial charge in [-0.15, -0.1) is 0 Å². The second-order valence-corrected chi connectivity index (χ2v) is 5.65. The lowest BCUT2D eigenvalue weighted by Gasteiger charge is -2.11. The first-order valence-corrected chi connectivity index (χ1v) is 8.37. The second-order valence-electron chi connectivity index (χ2n) is 5.65. The van der Waals surface area contributed by atoms with Crippen molar-refractivity contribution in [3.05, 3.63) is 54.1 Å². The summed E-state index contributed by atoms with van der Waals surface area (Å²) in [7, 11) is 0. The summed E-state index contributed by atoms with van der Waals surface area (Å²) in [5.74, 6) is -0.303. The van der Waals surface area contributed by atoms with Gasteiger partial charge < -0.3 is 20.1 Å². The van der Waals surface area contributed by atoms with Crippen LogP contribution in [-0.4, -0.2) is 37.7 Å². The van der Waals surface area contributed by atoms with Crippen molar-refractivity contribution in [3.8, 4) is 11.5 Å². The Morgan fingerprint density at radius 3 is 2.36 bits per heavy atom. The van der Waals surface area contributed by atoms with Gasteiger partial charge in [-0.05, 0) is 43.3 Å². The minimum Gasteiger partial charge on any atom is -0.484 e. The zero-order chi connectivity index (χ0) is 20.6. The molecule has 150 valence electrons. The smallest absolute Gasteiger partial charge is 0.422 e. The van der Waals surface area contributed by atoms with E-state index in [1.54, 1.807) is 31.2 Å². The fourth-order valence-electron chi connectivity index (χ4n) is 2.13. The zero-order valence-electron chi connectivity index (χ0n) is 15.0. The van der Waals surface area contributed by atoms with Gasteiger partial charge in [0.2, 0.25) is 0 Å². The molecule has 0 saturated carbocycles. The lowest BCUT2D eigenvalue weighted by Crippen LogP contribution is -2.28. The average molecular weight is 396 g/mol. The number of hydrogen-bond acceptors (Lipinski definition) is 4. The molecule has 2 rings (SSSR count). The minimum absolute atomic E-state index is 0.00892. The Kier molecular flexibility index (Phi) is 7.25. The molecule has 0 spiro atoms. The third-order valence-electron chi connectivity index (χ3n) is 3.35. The maximum absolute atomic E-state index is 12.3. The van der Waals surface area contributed by atoms with E-state index < -0.39 is 18.7 Å². The third-order valence-corrected chi connectivity index (χ3v) is 3.35. The number of nitrogens with one attached hydrogen (secondary N) is 2. The van der Waals surface area contributed by atoms with E-state index in [1.165, 1.54) is 24.3 Å². The van der Waals surface area contributed by atoms with Gasteiger partial charge in [0.1, 0.15) is 11.5 Å². The Morgan fingerprint density at radius 2 is 1.71 bits per heavy atom. The maximum atomic E-state index is 12.3. The SMILES string of the molecule is CCNC(=O)COc1cccc(NC(=O)c2ccc(OCC(F)(F)F)cc2)c1. The van der Waals surface area contributed by atoms with Crippen molar-refractivity contribution in [3.63, 3.8) is 0 Å². The molecular formula is C19H19F3N2O4. The van der Waals surface area contributed by atoms with Crippen molar-refractivity contribution in [1.29, 1.82) is 0 Å². The van der Waals surface area contributed by atoms with Crippen molar-refractivity contribution in [2.45, 2.75) is 13.1 Å². The summed E-state index contributed by atoms with van der Waals surface area (Å²) < 4.78 is 46.4. The van der Waals surface area contributed by atoms with Crippen LogP contribution in [0.4, 0.5) is 18.9 Å². The molecule has 9 heteroatoms. The van der Waals surface area contributed by atoms with Crippen LogP contribution < -0.4 is 20.1 Å². The predicted molar refractivity (Wildman–Crippen MR) is 96.6 cm³/mol. The van der Waals surface area contributed by atoms with Crippen LogP contribution in [0, 0.1) is 0 Å². The Morgan fingerprint density at radius 1 is 1.00 bits per heavy atom. The molecule has 0 fully saturated rings. The van der Waals surface area contributed by atoms with E-state index in [0.717, 1.165) is 0 Å². The third kappa shape index (κ3) is 7.18. The molecule has 2 aromatic rings. The van der Waals surface area contributed by atoms with Crippen molar-refractivity contribution < 1.29 is 32.2 Å². The quantitative estimate of drug-likeness (QED) is 0.717. The van der Waals surface area contributed by atoms with Gasteiger partial charge in [0.15, 0.2) is 13.2 Å². The number of hydrogen-bond donors (Lipinski definition) is 2. The molecule has 0 aliphatic carbocycles. The van der Waals surface area contributed by atoms with Gasteiger partial charge >= 0.3 is 6.18 Å². The zero-order valence-corrected chi connectivity index (χ0v) is 15.0. The Bertz CT molecular complexity index is 808. The van der Waals surface area contributed by atoms with Gasteiger partial charge in [0.25, 0.3) is 11.8 Å². The average Bonchev–Trinajstić information content (AvgIpc) is 2.65. The van der Waals surface area contributed by atoms with Gasteiger partial charge in [-0.3, -0.25) is 9.59 Å². The molecule has 2 N–H and O–H groups in total. The molecule has 0 aliphatic rings. The molecular weight excluding hydrogens is 377 g/mol. The van der Waals surface area contributed by atoms with Crippen LogP contribution >= 0.6 is 0 Å². The summed E-state index contributed by atoms with van der Waals surface area (Å²) >= 11 is 0. The Balaban J connectivity index is 1.93. The molecule has 0 aromatic heterocycles. The molecule has 6 nitrogen and oxygen atoms in total. The highest BCUT2D eigenvalue weighted by Gasteiger charge is 2.28. The number of alkyl halides is 3. The highest BCUT2D eigenvalue weighted by molar-refractivity contribution is 6.04. The van der Waals surface area contributed by atoms with Gasteiger partial charge in [-0.25, -0.2) is 0 Å². The van der Waals surface area contributed by atoms with Crippen LogP contribution in [0.3, 0.4) is 0 Å². The molecule has 0 heterocycles. The predicted octanol–water partition coefficient (Wildman–Crippen LogP) is 3.39. The summed E-state index contributed by atoms with van der Waals surface area (Å²) in [6.07, 6.45) is -4.43. The number of anilines is 1. The van der Waals surface area contributed by atoms with Crippen LogP contribution in [0.25, 0.3) is 0 Å². The number of carbonyl (C=O) groups is 2. The van der Waals surface area contributed by atoms with Crippen LogP contribution in [0.5, 0.6) is 11.5 Å². The molecule has 0 saturated heterocycles. The van der Waals surface area contributed by atoms with E-state index in [-0.39, 0.29) is 23.8 Å². The van der Waals surface area contributed by atoms with Crippen molar-refractivity contribution in [2.24, 2.45) is 0 Å². The number of amides is 2. The summed E-state index contributed by atoms with van der Waals surface area (Å²) in [6.45, 7) is 0.744. The van der Waals surface area contributed by atoms with Crippen LogP contribution in [0.2, 0.25) is 0 Å². The first-order chi connectivity index (χ1) is 13.3. The summed E-state index contributed by atoms with van der Waals surface area (Å²) in [4.78, 5) is 23.7. The van der Waals surface area contributed by atoms with Crippen molar-refractivity contribution >= 4 is 17.5 Å². The molecule has 28 heavy (non-hydrogen) atoms. The van der Waals surface area contributed by atoms with E-state index in [1.807, 2.05) is 0 Å². The maximum Gasteiger partial charge on any atom is 0.422 e. The van der Waals surface area contributed by atoms with Crippen LogP contribution in [-0.2, 0) is 4.79 Å². The van der Waals surface area contributed by atoms with Crippen LogP contribution in [0.1, 0.15) is 17.3 Å².